The number of hydrogen-bond acceptors (Lipinski definition) is 3. The molecule has 0 amide bonds. The van der Waals surface area contributed by atoms with E-state index in [1.807, 2.05) is 12.3 Å². The molecule has 0 radical (unpaired) electrons. The number of pyridine rings is 1. The molecule has 0 spiro atoms. The van der Waals surface area contributed by atoms with Crippen LogP contribution in [0.25, 0.3) is 0 Å². The fourth-order valence-corrected chi connectivity index (χ4v) is 1.69. The van der Waals surface area contributed by atoms with Gasteiger partial charge in [-0.1, -0.05) is 6.07 Å². The Morgan fingerprint density at radius 1 is 1.54 bits per heavy atom. The lowest BCUT2D eigenvalue weighted by Gasteiger charge is -2.07. The molecular formula is C10H14N2O. The minimum Gasteiger partial charge on any atom is -0.481 e. The minimum absolute atomic E-state index is 0.637. The second-order valence-electron chi connectivity index (χ2n) is 3.32. The summed E-state index contributed by atoms with van der Waals surface area (Å²) in [5.41, 5.74) is 1.31. The Morgan fingerprint density at radius 2 is 2.46 bits per heavy atom. The van der Waals surface area contributed by atoms with Crippen LogP contribution in [0.3, 0.4) is 0 Å². The molecule has 1 N–H and O–H groups in total. The van der Waals surface area contributed by atoms with E-state index < -0.39 is 0 Å². The zero-order valence-electron chi connectivity index (χ0n) is 7.79. The van der Waals surface area contributed by atoms with Crippen molar-refractivity contribution in [3.63, 3.8) is 0 Å². The monoisotopic (exact) mass is 178 g/mol. The molecule has 1 aromatic rings. The molecule has 1 fully saturated rings. The van der Waals surface area contributed by atoms with Crippen molar-refractivity contribution < 1.29 is 4.74 Å². The number of hydrogen-bond donors (Lipinski definition) is 1. The first kappa shape index (κ1) is 8.51. The van der Waals surface area contributed by atoms with Gasteiger partial charge in [0.15, 0.2) is 0 Å². The fourth-order valence-electron chi connectivity index (χ4n) is 1.69. The third-order valence-electron chi connectivity index (χ3n) is 2.50. The standard InChI is InChI=1S/C10H14N2O/c1-13-10-3-2-8(7-12-10)9-4-5-11-6-9/h2-3,7,9,11H,4-6H2,1H3. The van der Waals surface area contributed by atoms with Crippen molar-refractivity contribution in [1.82, 2.24) is 10.3 Å². The van der Waals surface area contributed by atoms with Crippen molar-refractivity contribution >= 4 is 0 Å². The van der Waals surface area contributed by atoms with Gasteiger partial charge in [-0.25, -0.2) is 4.98 Å². The van der Waals surface area contributed by atoms with Gasteiger partial charge in [-0.15, -0.1) is 0 Å². The van der Waals surface area contributed by atoms with Crippen molar-refractivity contribution in [3.8, 4) is 5.88 Å². The molecule has 0 aromatic carbocycles. The number of methoxy groups -OCH3 is 1. The quantitative estimate of drug-likeness (QED) is 0.738. The number of nitrogens with zero attached hydrogens (tertiary/aromatic N) is 1. The highest BCUT2D eigenvalue weighted by atomic mass is 16.5. The van der Waals surface area contributed by atoms with Crippen molar-refractivity contribution in [2.75, 3.05) is 20.2 Å². The summed E-state index contributed by atoms with van der Waals surface area (Å²) in [4.78, 5) is 4.19. The molecular weight excluding hydrogens is 164 g/mol. The van der Waals surface area contributed by atoms with E-state index in [0.717, 1.165) is 13.1 Å². The van der Waals surface area contributed by atoms with Gasteiger partial charge >= 0.3 is 0 Å². The van der Waals surface area contributed by atoms with Crippen LogP contribution < -0.4 is 10.1 Å². The molecule has 1 unspecified atom stereocenters. The molecule has 0 saturated carbocycles. The highest BCUT2D eigenvalue weighted by molar-refractivity contribution is 5.22. The first-order valence-electron chi connectivity index (χ1n) is 4.61. The van der Waals surface area contributed by atoms with Gasteiger partial charge in [-0.3, -0.25) is 0 Å². The first-order chi connectivity index (χ1) is 6.40. The van der Waals surface area contributed by atoms with Crippen LogP contribution >= 0.6 is 0 Å². The Bertz CT molecular complexity index is 265. The second-order valence-corrected chi connectivity index (χ2v) is 3.32. The highest BCUT2D eigenvalue weighted by Gasteiger charge is 2.16. The maximum Gasteiger partial charge on any atom is 0.212 e. The Kier molecular flexibility index (Phi) is 2.45. The van der Waals surface area contributed by atoms with E-state index in [0.29, 0.717) is 11.8 Å². The van der Waals surface area contributed by atoms with Gasteiger partial charge in [0, 0.05) is 18.8 Å². The molecule has 70 valence electrons. The van der Waals surface area contributed by atoms with E-state index >= 15 is 0 Å². The van der Waals surface area contributed by atoms with Crippen LogP contribution in [0, 0.1) is 0 Å². The maximum absolute atomic E-state index is 5.01. The van der Waals surface area contributed by atoms with E-state index in [-0.39, 0.29) is 0 Å². The molecule has 0 bridgehead atoms. The summed E-state index contributed by atoms with van der Waals surface area (Å²) in [6.07, 6.45) is 3.13. The Labute approximate surface area is 78.1 Å². The number of nitrogens with one attached hydrogen (secondary N) is 1. The van der Waals surface area contributed by atoms with Gasteiger partial charge in [0.25, 0.3) is 0 Å². The van der Waals surface area contributed by atoms with E-state index in [4.69, 9.17) is 4.74 Å². The summed E-state index contributed by atoms with van der Waals surface area (Å²) in [6.45, 7) is 2.20. The van der Waals surface area contributed by atoms with Crippen LogP contribution in [0.1, 0.15) is 17.9 Å². The lowest BCUT2D eigenvalue weighted by atomic mass is 10.0. The van der Waals surface area contributed by atoms with Crippen molar-refractivity contribution in [2.45, 2.75) is 12.3 Å². The van der Waals surface area contributed by atoms with Crippen LogP contribution in [0.5, 0.6) is 5.88 Å². The molecule has 2 heterocycles. The number of rotatable bonds is 2. The molecule has 3 heteroatoms. The Morgan fingerprint density at radius 3 is 3.00 bits per heavy atom. The van der Waals surface area contributed by atoms with Gasteiger partial charge in [0.1, 0.15) is 0 Å². The van der Waals surface area contributed by atoms with Crippen LogP contribution in [-0.4, -0.2) is 25.2 Å². The van der Waals surface area contributed by atoms with Gasteiger partial charge < -0.3 is 10.1 Å². The van der Waals surface area contributed by atoms with Gasteiger partial charge in [-0.2, -0.15) is 0 Å². The Hall–Kier alpha value is -1.09. The molecule has 0 aliphatic carbocycles. The third kappa shape index (κ3) is 1.80. The summed E-state index contributed by atoms with van der Waals surface area (Å²) in [7, 11) is 1.64. The maximum atomic E-state index is 5.01. The van der Waals surface area contributed by atoms with Gasteiger partial charge in [0.05, 0.1) is 7.11 Å². The fraction of sp³-hybridized carbons (Fsp3) is 0.500. The van der Waals surface area contributed by atoms with Crippen LogP contribution in [0.4, 0.5) is 0 Å². The lowest BCUT2D eigenvalue weighted by Crippen LogP contribution is -2.08. The van der Waals surface area contributed by atoms with Gasteiger partial charge in [-0.05, 0) is 24.4 Å². The summed E-state index contributed by atoms with van der Waals surface area (Å²) < 4.78 is 5.01. The van der Waals surface area contributed by atoms with E-state index in [1.165, 1.54) is 12.0 Å². The molecule has 1 aromatic heterocycles. The van der Waals surface area contributed by atoms with E-state index in [9.17, 15) is 0 Å². The summed E-state index contributed by atoms with van der Waals surface area (Å²) in [6, 6.07) is 4.02. The van der Waals surface area contributed by atoms with Crippen LogP contribution in [-0.2, 0) is 0 Å². The predicted molar refractivity (Wildman–Crippen MR) is 51.0 cm³/mol. The van der Waals surface area contributed by atoms with Crippen LogP contribution in [0.15, 0.2) is 18.3 Å². The predicted octanol–water partition coefficient (Wildman–Crippen LogP) is 1.17. The zero-order valence-corrected chi connectivity index (χ0v) is 7.79. The van der Waals surface area contributed by atoms with Crippen LogP contribution in [0.2, 0.25) is 0 Å². The van der Waals surface area contributed by atoms with Crippen molar-refractivity contribution in [1.29, 1.82) is 0 Å². The largest absolute Gasteiger partial charge is 0.481 e. The van der Waals surface area contributed by atoms with E-state index in [2.05, 4.69) is 16.4 Å². The molecule has 1 aliphatic rings. The SMILES string of the molecule is COc1ccc(C2CCNC2)cn1. The Balaban J connectivity index is 2.12. The number of ether oxygens (including phenoxy) is 1. The second kappa shape index (κ2) is 3.75. The molecule has 3 nitrogen and oxygen atoms in total. The van der Waals surface area contributed by atoms with Crippen molar-refractivity contribution in [3.05, 3.63) is 23.9 Å². The van der Waals surface area contributed by atoms with E-state index in [1.54, 1.807) is 7.11 Å². The topological polar surface area (TPSA) is 34.1 Å². The van der Waals surface area contributed by atoms with Crippen molar-refractivity contribution in [2.24, 2.45) is 0 Å². The third-order valence-corrected chi connectivity index (χ3v) is 2.50. The normalized spacial score (nSPS) is 21.8. The molecule has 1 atom stereocenters. The summed E-state index contributed by atoms with van der Waals surface area (Å²) >= 11 is 0. The lowest BCUT2D eigenvalue weighted by molar-refractivity contribution is 0.397. The molecule has 13 heavy (non-hydrogen) atoms. The molecule has 2 rings (SSSR count). The van der Waals surface area contributed by atoms with Gasteiger partial charge in [0.2, 0.25) is 5.88 Å². The summed E-state index contributed by atoms with van der Waals surface area (Å²) in [5, 5.41) is 3.34. The highest BCUT2D eigenvalue weighted by Crippen LogP contribution is 2.22. The summed E-state index contributed by atoms with van der Waals surface area (Å²) in [5.74, 6) is 1.33. The smallest absolute Gasteiger partial charge is 0.212 e. The molecule has 1 saturated heterocycles. The number of aromatic nitrogens is 1. The average Bonchev–Trinajstić information content (AvgIpc) is 2.71. The minimum atomic E-state index is 0.637. The zero-order chi connectivity index (χ0) is 9.10. The first-order valence-corrected chi connectivity index (χ1v) is 4.61. The molecule has 1 aliphatic heterocycles. The average molecular weight is 178 g/mol.